The van der Waals surface area contributed by atoms with Crippen LogP contribution in [0, 0.1) is 0 Å². The Kier molecular flexibility index (Phi) is 5.29. The van der Waals surface area contributed by atoms with Crippen molar-refractivity contribution in [2.24, 2.45) is 0 Å². The molecule has 0 aromatic heterocycles. The first-order valence-corrected chi connectivity index (χ1v) is 10.6. The highest BCUT2D eigenvalue weighted by molar-refractivity contribution is 5.84. The Morgan fingerprint density at radius 3 is 2.74 bits per heavy atom. The van der Waals surface area contributed by atoms with Gasteiger partial charge in [-0.25, -0.2) is 0 Å². The number of hydrogen-bond donors (Lipinski definition) is 1. The zero-order valence-corrected chi connectivity index (χ0v) is 18.7. The first kappa shape index (κ1) is 21.0. The summed E-state index contributed by atoms with van der Waals surface area (Å²) >= 11 is 0. The van der Waals surface area contributed by atoms with Crippen LogP contribution in [0.2, 0.25) is 0 Å². The highest BCUT2D eigenvalue weighted by atomic mass is 16.5. The fourth-order valence-electron chi connectivity index (χ4n) is 4.64. The minimum atomic E-state index is -0.631. The second-order valence-electron chi connectivity index (χ2n) is 8.85. The van der Waals surface area contributed by atoms with Crippen molar-refractivity contribution < 1.29 is 14.3 Å². The smallest absolute Gasteiger partial charge is 0.223 e. The third-order valence-corrected chi connectivity index (χ3v) is 6.32. The lowest BCUT2D eigenvalue weighted by atomic mass is 9.74. The van der Waals surface area contributed by atoms with Gasteiger partial charge in [0.05, 0.1) is 7.11 Å². The number of amides is 1. The summed E-state index contributed by atoms with van der Waals surface area (Å²) < 4.78 is 11.3. The van der Waals surface area contributed by atoms with Crippen LogP contribution in [0.25, 0.3) is 6.08 Å². The summed E-state index contributed by atoms with van der Waals surface area (Å²) in [5.41, 5.74) is 3.40. The average Bonchev–Trinajstić information content (AvgIpc) is 2.95. The number of fused-ring (bicyclic) bond motifs is 3. The predicted molar refractivity (Wildman–Crippen MR) is 125 cm³/mol. The van der Waals surface area contributed by atoms with Crippen molar-refractivity contribution in [1.29, 1.82) is 0 Å². The summed E-state index contributed by atoms with van der Waals surface area (Å²) in [5, 5.41) is 3.31. The normalized spacial score (nSPS) is 21.4. The molecule has 5 heteroatoms. The molecule has 1 N–H and O–H groups in total. The second kappa shape index (κ2) is 7.80. The van der Waals surface area contributed by atoms with Crippen LogP contribution < -0.4 is 19.7 Å². The van der Waals surface area contributed by atoms with Crippen molar-refractivity contribution in [3.05, 3.63) is 71.8 Å². The summed E-state index contributed by atoms with van der Waals surface area (Å²) in [7, 11) is 1.63. The lowest BCUT2D eigenvalue weighted by Gasteiger charge is -2.49. The van der Waals surface area contributed by atoms with Crippen molar-refractivity contribution in [2.45, 2.75) is 38.3 Å². The number of carbonyl (C=O) groups is 1. The molecular weight excluding hydrogens is 388 g/mol. The Bertz CT molecular complexity index is 1060. The third kappa shape index (κ3) is 3.48. The zero-order chi connectivity index (χ0) is 22.2. The molecule has 0 aliphatic carbocycles. The molecule has 4 rings (SSSR count). The first-order valence-electron chi connectivity index (χ1n) is 10.6. The number of nitrogens with one attached hydrogen (secondary N) is 1. The van der Waals surface area contributed by atoms with Crippen LogP contribution in [0.4, 0.5) is 5.69 Å². The fourth-order valence-corrected chi connectivity index (χ4v) is 4.64. The fraction of sp³-hybridized carbons (Fsp3) is 0.346. The molecular formula is C26H30N2O3. The molecule has 0 unspecified atom stereocenters. The lowest BCUT2D eigenvalue weighted by Crippen LogP contribution is -2.68. The van der Waals surface area contributed by atoms with Crippen LogP contribution in [0.1, 0.15) is 38.3 Å². The van der Waals surface area contributed by atoms with Gasteiger partial charge in [0.25, 0.3) is 0 Å². The molecule has 2 aromatic carbocycles. The van der Waals surface area contributed by atoms with Crippen molar-refractivity contribution >= 4 is 17.7 Å². The molecule has 1 amide bonds. The summed E-state index contributed by atoms with van der Waals surface area (Å²) in [4.78, 5) is 14.8. The number of ether oxygens (including phenoxy) is 2. The Labute approximate surface area is 184 Å². The van der Waals surface area contributed by atoms with Gasteiger partial charge in [0.15, 0.2) is 11.5 Å². The topological polar surface area (TPSA) is 50.8 Å². The number of nitrogens with zero attached hydrogens (tertiary/aromatic N) is 1. The number of carbonyl (C=O) groups excluding carboxylic acids is 1. The van der Waals surface area contributed by atoms with Crippen molar-refractivity contribution in [3.63, 3.8) is 0 Å². The Morgan fingerprint density at radius 1 is 1.23 bits per heavy atom. The number of anilines is 1. The van der Waals surface area contributed by atoms with E-state index in [1.54, 1.807) is 7.11 Å². The summed E-state index contributed by atoms with van der Waals surface area (Å²) in [5.74, 6) is 1.42. The molecule has 2 aliphatic heterocycles. The second-order valence-corrected chi connectivity index (χ2v) is 8.85. The van der Waals surface area contributed by atoms with Gasteiger partial charge in [-0.2, -0.15) is 0 Å². The van der Waals surface area contributed by atoms with Crippen LogP contribution in [0.15, 0.2) is 60.7 Å². The van der Waals surface area contributed by atoms with Gasteiger partial charge in [-0.05, 0) is 47.9 Å². The maximum Gasteiger partial charge on any atom is 0.223 e. The van der Waals surface area contributed by atoms with E-state index in [-0.39, 0.29) is 11.3 Å². The van der Waals surface area contributed by atoms with E-state index in [1.165, 1.54) is 11.3 Å². The molecule has 1 atom stereocenters. The molecule has 0 spiro atoms. The van der Waals surface area contributed by atoms with Gasteiger partial charge >= 0.3 is 0 Å². The van der Waals surface area contributed by atoms with Crippen LogP contribution >= 0.6 is 0 Å². The number of rotatable bonds is 6. The number of methoxy groups -OCH3 is 1. The van der Waals surface area contributed by atoms with Gasteiger partial charge in [-0.1, -0.05) is 50.8 Å². The zero-order valence-electron chi connectivity index (χ0n) is 18.7. The molecule has 2 heterocycles. The molecule has 2 aromatic rings. The van der Waals surface area contributed by atoms with E-state index in [2.05, 4.69) is 67.1 Å². The lowest BCUT2D eigenvalue weighted by molar-refractivity contribution is -0.124. The number of hydrogen-bond acceptors (Lipinski definition) is 4. The monoisotopic (exact) mass is 418 g/mol. The molecule has 0 radical (unpaired) electrons. The Morgan fingerprint density at radius 2 is 2.00 bits per heavy atom. The standard InChI is InChI=1S/C26H30N2O3/c1-18(2)17-31-22-11-10-19(16-23(22)30-5)12-14-26-25(3,4)20-8-6-7-9-21(20)28(26)15-13-24(29)27-26/h6-12,14,16H,1,13,15,17H2,2-5H3,(H,27,29)/b14-12+/t26-/m0/s1. The van der Waals surface area contributed by atoms with Gasteiger partial charge in [0.2, 0.25) is 5.91 Å². The quantitative estimate of drug-likeness (QED) is 0.692. The van der Waals surface area contributed by atoms with E-state index >= 15 is 0 Å². The largest absolute Gasteiger partial charge is 0.493 e. The maximum absolute atomic E-state index is 12.5. The van der Waals surface area contributed by atoms with Gasteiger partial charge < -0.3 is 19.7 Å². The van der Waals surface area contributed by atoms with Gasteiger partial charge in [-0.3, -0.25) is 4.79 Å². The molecule has 1 fully saturated rings. The average molecular weight is 419 g/mol. The maximum atomic E-state index is 12.5. The molecule has 31 heavy (non-hydrogen) atoms. The van der Waals surface area contributed by atoms with Crippen LogP contribution in [0.5, 0.6) is 11.5 Å². The summed E-state index contributed by atoms with van der Waals surface area (Å²) in [6.45, 7) is 11.3. The highest BCUT2D eigenvalue weighted by Gasteiger charge is 2.57. The van der Waals surface area contributed by atoms with Gasteiger partial charge in [0.1, 0.15) is 12.3 Å². The van der Waals surface area contributed by atoms with E-state index in [1.807, 2.05) is 25.1 Å². The molecule has 0 bridgehead atoms. The van der Waals surface area contributed by atoms with Gasteiger partial charge in [-0.15, -0.1) is 0 Å². The third-order valence-electron chi connectivity index (χ3n) is 6.32. The van der Waals surface area contributed by atoms with Crippen LogP contribution in [-0.4, -0.2) is 31.8 Å². The van der Waals surface area contributed by atoms with Crippen LogP contribution in [-0.2, 0) is 10.2 Å². The van der Waals surface area contributed by atoms with Crippen LogP contribution in [0.3, 0.4) is 0 Å². The minimum absolute atomic E-state index is 0.0721. The Balaban J connectivity index is 1.71. The molecule has 162 valence electrons. The minimum Gasteiger partial charge on any atom is -0.493 e. The molecule has 1 saturated heterocycles. The highest BCUT2D eigenvalue weighted by Crippen LogP contribution is 2.52. The molecule has 2 aliphatic rings. The van der Waals surface area contributed by atoms with Crippen molar-refractivity contribution in [1.82, 2.24) is 5.32 Å². The number of benzene rings is 2. The van der Waals surface area contributed by atoms with E-state index < -0.39 is 5.66 Å². The van der Waals surface area contributed by atoms with E-state index in [4.69, 9.17) is 9.47 Å². The molecule has 0 saturated carbocycles. The van der Waals surface area contributed by atoms with E-state index in [0.29, 0.717) is 31.1 Å². The molecule has 5 nitrogen and oxygen atoms in total. The SMILES string of the molecule is C=C(C)COc1ccc(/C=C/[C@]23NC(=O)CCN2c2ccccc2C3(C)C)cc1OC. The van der Waals surface area contributed by atoms with Gasteiger partial charge in [0, 0.05) is 24.1 Å². The van der Waals surface area contributed by atoms with E-state index in [9.17, 15) is 4.79 Å². The summed E-state index contributed by atoms with van der Waals surface area (Å²) in [6, 6.07) is 14.3. The predicted octanol–water partition coefficient (Wildman–Crippen LogP) is 4.68. The summed E-state index contributed by atoms with van der Waals surface area (Å²) in [6.07, 6.45) is 4.66. The Hall–Kier alpha value is -3.21. The van der Waals surface area contributed by atoms with Crippen molar-refractivity contribution in [2.75, 3.05) is 25.2 Å². The first-order chi connectivity index (χ1) is 14.8. The van der Waals surface area contributed by atoms with E-state index in [0.717, 1.165) is 11.1 Å². The number of para-hydroxylation sites is 1. The van der Waals surface area contributed by atoms with Crippen molar-refractivity contribution in [3.8, 4) is 11.5 Å².